The van der Waals surface area contributed by atoms with Crippen molar-refractivity contribution in [1.82, 2.24) is 4.90 Å². The minimum atomic E-state index is -1.23. The summed E-state index contributed by atoms with van der Waals surface area (Å²) in [4.78, 5) is 2.19. The van der Waals surface area contributed by atoms with E-state index in [4.69, 9.17) is 9.47 Å². The third-order valence-corrected chi connectivity index (χ3v) is 5.50. The average Bonchev–Trinajstić information content (AvgIpc) is 2.51. The predicted molar refractivity (Wildman–Crippen MR) is 94.1 cm³/mol. The van der Waals surface area contributed by atoms with Gasteiger partial charge in [-0.2, -0.15) is 0 Å². The zero-order valence-electron chi connectivity index (χ0n) is 14.4. The number of likely N-dealkylation sites (N-methyl/N-ethyl adjacent to an activating group) is 1. The van der Waals surface area contributed by atoms with Crippen molar-refractivity contribution in [3.05, 3.63) is 42.0 Å². The van der Waals surface area contributed by atoms with Crippen LogP contribution in [0.5, 0.6) is 5.75 Å². The highest BCUT2D eigenvalue weighted by molar-refractivity contribution is 5.84. The number of benzene rings is 2. The van der Waals surface area contributed by atoms with E-state index in [1.165, 1.54) is 19.3 Å². The van der Waals surface area contributed by atoms with E-state index < -0.39 is 5.79 Å². The fraction of sp³-hybridized carbons (Fsp3) is 0.500. The molecule has 128 valence electrons. The standard InChI is InChI=1S/C20H25NO3/c1-21-12-19(14-4-3-5-14)24-20(22,13-21)17-8-6-16-11-18(23-2)9-7-15(16)10-17/h6-11,14,19,22H,3-5,12-13H2,1-2H3. The predicted octanol–water partition coefficient (Wildman–Crippen LogP) is 3.12. The van der Waals surface area contributed by atoms with Crippen LogP contribution in [0.1, 0.15) is 24.8 Å². The Labute approximate surface area is 143 Å². The van der Waals surface area contributed by atoms with Crippen molar-refractivity contribution < 1.29 is 14.6 Å². The molecule has 1 saturated carbocycles. The van der Waals surface area contributed by atoms with Crippen LogP contribution in [-0.4, -0.2) is 43.4 Å². The van der Waals surface area contributed by atoms with Gasteiger partial charge in [-0.05, 0) is 54.8 Å². The molecule has 2 aromatic carbocycles. The summed E-state index contributed by atoms with van der Waals surface area (Å²) in [5.41, 5.74) is 0.830. The maximum atomic E-state index is 11.2. The van der Waals surface area contributed by atoms with E-state index in [1.54, 1.807) is 7.11 Å². The molecule has 0 spiro atoms. The number of morpholine rings is 1. The number of nitrogens with zero attached hydrogens (tertiary/aromatic N) is 1. The molecular weight excluding hydrogens is 302 g/mol. The number of ether oxygens (including phenoxy) is 2. The van der Waals surface area contributed by atoms with Crippen LogP contribution in [0.2, 0.25) is 0 Å². The van der Waals surface area contributed by atoms with Crippen LogP contribution >= 0.6 is 0 Å². The Morgan fingerprint density at radius 1 is 1.17 bits per heavy atom. The highest BCUT2D eigenvalue weighted by atomic mass is 16.6. The van der Waals surface area contributed by atoms with Crippen molar-refractivity contribution in [2.75, 3.05) is 27.2 Å². The molecule has 1 heterocycles. The smallest absolute Gasteiger partial charge is 0.205 e. The first-order valence-electron chi connectivity index (χ1n) is 8.74. The fourth-order valence-corrected chi connectivity index (χ4v) is 3.87. The van der Waals surface area contributed by atoms with Gasteiger partial charge in [0, 0.05) is 12.1 Å². The SMILES string of the molecule is COc1ccc2cc(C3(O)CN(C)CC(C4CCC4)O3)ccc2c1. The molecule has 2 fully saturated rings. The molecule has 0 aromatic heterocycles. The quantitative estimate of drug-likeness (QED) is 0.940. The van der Waals surface area contributed by atoms with Crippen molar-refractivity contribution in [1.29, 1.82) is 0 Å². The fourth-order valence-electron chi connectivity index (χ4n) is 3.87. The lowest BCUT2D eigenvalue weighted by atomic mass is 9.80. The second-order valence-electron chi connectivity index (χ2n) is 7.26. The normalized spacial score (nSPS) is 28.7. The third kappa shape index (κ3) is 2.79. The van der Waals surface area contributed by atoms with E-state index in [1.807, 2.05) is 36.4 Å². The summed E-state index contributed by atoms with van der Waals surface area (Å²) < 4.78 is 11.5. The Hall–Kier alpha value is -1.62. The Kier molecular flexibility index (Phi) is 3.99. The Bertz CT molecular complexity index is 743. The summed E-state index contributed by atoms with van der Waals surface area (Å²) in [6, 6.07) is 12.0. The average molecular weight is 327 g/mol. The molecule has 2 aromatic rings. The summed E-state index contributed by atoms with van der Waals surface area (Å²) in [5.74, 6) is 0.193. The van der Waals surface area contributed by atoms with Crippen LogP contribution in [0.4, 0.5) is 0 Å². The molecule has 0 radical (unpaired) electrons. The molecule has 24 heavy (non-hydrogen) atoms. The van der Waals surface area contributed by atoms with Gasteiger partial charge in [-0.3, -0.25) is 4.90 Å². The van der Waals surface area contributed by atoms with E-state index in [2.05, 4.69) is 11.9 Å². The molecule has 0 bridgehead atoms. The van der Waals surface area contributed by atoms with Crippen LogP contribution in [-0.2, 0) is 10.5 Å². The third-order valence-electron chi connectivity index (χ3n) is 5.50. The number of rotatable bonds is 3. The lowest BCUT2D eigenvalue weighted by Gasteiger charge is -2.46. The molecule has 2 unspecified atom stereocenters. The Balaban J connectivity index is 1.66. The first kappa shape index (κ1) is 15.9. The van der Waals surface area contributed by atoms with Crippen LogP contribution in [0, 0.1) is 5.92 Å². The van der Waals surface area contributed by atoms with Gasteiger partial charge in [-0.25, -0.2) is 0 Å². The summed E-state index contributed by atoms with van der Waals surface area (Å²) >= 11 is 0. The number of β-amino-alcohol motifs (C(OH)–C–C–N with tert-alkyl or cyclic N) is 1. The van der Waals surface area contributed by atoms with Gasteiger partial charge in [0.1, 0.15) is 5.75 Å². The lowest BCUT2D eigenvalue weighted by Crippen LogP contribution is -2.55. The number of aliphatic hydroxyl groups is 1. The molecule has 1 aliphatic heterocycles. The Morgan fingerprint density at radius 2 is 1.92 bits per heavy atom. The van der Waals surface area contributed by atoms with Gasteiger partial charge in [0.2, 0.25) is 5.79 Å². The maximum absolute atomic E-state index is 11.2. The van der Waals surface area contributed by atoms with Gasteiger partial charge in [-0.1, -0.05) is 24.6 Å². The molecule has 2 atom stereocenters. The molecule has 2 aliphatic rings. The Morgan fingerprint density at radius 3 is 2.62 bits per heavy atom. The molecule has 4 heteroatoms. The van der Waals surface area contributed by atoms with Crippen molar-refractivity contribution in [2.24, 2.45) is 5.92 Å². The van der Waals surface area contributed by atoms with Gasteiger partial charge in [-0.15, -0.1) is 0 Å². The van der Waals surface area contributed by atoms with Crippen LogP contribution < -0.4 is 4.74 Å². The summed E-state index contributed by atoms with van der Waals surface area (Å²) in [5, 5.41) is 13.4. The van der Waals surface area contributed by atoms with Gasteiger partial charge >= 0.3 is 0 Å². The number of methoxy groups -OCH3 is 1. The summed E-state index contributed by atoms with van der Waals surface area (Å²) in [7, 11) is 3.73. The highest BCUT2D eigenvalue weighted by Gasteiger charge is 2.43. The highest BCUT2D eigenvalue weighted by Crippen LogP contribution is 2.39. The van der Waals surface area contributed by atoms with Crippen molar-refractivity contribution >= 4 is 10.8 Å². The van der Waals surface area contributed by atoms with Crippen molar-refractivity contribution in [2.45, 2.75) is 31.2 Å². The topological polar surface area (TPSA) is 41.9 Å². The van der Waals surface area contributed by atoms with Crippen LogP contribution in [0.3, 0.4) is 0 Å². The van der Waals surface area contributed by atoms with E-state index in [0.717, 1.165) is 28.6 Å². The molecule has 1 N–H and O–H groups in total. The molecular formula is C20H25NO3. The molecule has 4 rings (SSSR count). The van der Waals surface area contributed by atoms with E-state index in [-0.39, 0.29) is 6.10 Å². The first-order valence-corrected chi connectivity index (χ1v) is 8.74. The second kappa shape index (κ2) is 6.03. The molecule has 0 amide bonds. The zero-order valence-corrected chi connectivity index (χ0v) is 14.4. The lowest BCUT2D eigenvalue weighted by molar-refractivity contribution is -0.287. The van der Waals surface area contributed by atoms with Crippen molar-refractivity contribution in [3.63, 3.8) is 0 Å². The summed E-state index contributed by atoms with van der Waals surface area (Å²) in [6.45, 7) is 1.40. The largest absolute Gasteiger partial charge is 0.497 e. The minimum absolute atomic E-state index is 0.120. The van der Waals surface area contributed by atoms with E-state index in [0.29, 0.717) is 12.5 Å². The zero-order chi connectivity index (χ0) is 16.7. The van der Waals surface area contributed by atoms with Gasteiger partial charge < -0.3 is 14.6 Å². The van der Waals surface area contributed by atoms with Gasteiger partial charge in [0.05, 0.1) is 19.8 Å². The maximum Gasteiger partial charge on any atom is 0.205 e. The van der Waals surface area contributed by atoms with Crippen LogP contribution in [0.15, 0.2) is 36.4 Å². The van der Waals surface area contributed by atoms with Crippen molar-refractivity contribution in [3.8, 4) is 5.75 Å². The van der Waals surface area contributed by atoms with Gasteiger partial charge in [0.25, 0.3) is 0 Å². The molecule has 1 aliphatic carbocycles. The molecule has 4 nitrogen and oxygen atoms in total. The molecule has 1 saturated heterocycles. The van der Waals surface area contributed by atoms with E-state index in [9.17, 15) is 5.11 Å². The van der Waals surface area contributed by atoms with Gasteiger partial charge in [0.15, 0.2) is 0 Å². The van der Waals surface area contributed by atoms with Crippen LogP contribution in [0.25, 0.3) is 10.8 Å². The number of hydrogen-bond acceptors (Lipinski definition) is 4. The number of hydrogen-bond donors (Lipinski definition) is 1. The summed E-state index contributed by atoms with van der Waals surface area (Å²) in [6.07, 6.45) is 3.83. The second-order valence-corrected chi connectivity index (χ2v) is 7.26. The monoisotopic (exact) mass is 327 g/mol. The minimum Gasteiger partial charge on any atom is -0.497 e. The van der Waals surface area contributed by atoms with E-state index >= 15 is 0 Å². The first-order chi connectivity index (χ1) is 11.6. The number of fused-ring (bicyclic) bond motifs is 1.